The van der Waals surface area contributed by atoms with Crippen LogP contribution in [0, 0.1) is 0 Å². The van der Waals surface area contributed by atoms with Crippen molar-refractivity contribution in [2.75, 3.05) is 43.2 Å². The molecule has 2 fully saturated rings. The molecule has 5 rings (SSSR count). The van der Waals surface area contributed by atoms with Gasteiger partial charge in [-0.1, -0.05) is 0 Å². The van der Waals surface area contributed by atoms with Crippen LogP contribution in [-0.2, 0) is 20.5 Å². The zero-order valence-electron chi connectivity index (χ0n) is 21.8. The van der Waals surface area contributed by atoms with Crippen LogP contribution >= 0.6 is 0 Å². The molecule has 0 unspecified atom stereocenters. The average Bonchev–Trinajstić information content (AvgIpc) is 3.29. The molecule has 2 saturated heterocycles. The van der Waals surface area contributed by atoms with E-state index in [1.807, 2.05) is 23.4 Å². The topological polar surface area (TPSA) is 110 Å². The Balaban J connectivity index is 1.40. The molecule has 0 radical (unpaired) electrons. The van der Waals surface area contributed by atoms with Gasteiger partial charge in [0.1, 0.15) is 28.6 Å². The van der Waals surface area contributed by atoms with Gasteiger partial charge in [0.25, 0.3) is 5.91 Å². The predicted molar refractivity (Wildman–Crippen MR) is 135 cm³/mol. The van der Waals surface area contributed by atoms with E-state index in [9.17, 15) is 22.8 Å². The summed E-state index contributed by atoms with van der Waals surface area (Å²) in [7, 11) is 1.48. The third-order valence-electron chi connectivity index (χ3n) is 7.46. The SMILES string of the molecule is CC(C)N(C=O)C1(C(=O)N(C)c2ccc(C(F)(F)F)nc2)CCN(c2cnc3cnn(C4COC4)c3n2)CC1. The first kappa shape index (κ1) is 26.8. The van der Waals surface area contributed by atoms with E-state index in [4.69, 9.17) is 9.72 Å². The van der Waals surface area contributed by atoms with Crippen molar-refractivity contribution in [1.29, 1.82) is 0 Å². The van der Waals surface area contributed by atoms with Gasteiger partial charge >= 0.3 is 6.18 Å². The Bertz CT molecular complexity index is 1350. The van der Waals surface area contributed by atoms with E-state index in [0.717, 1.165) is 12.3 Å². The van der Waals surface area contributed by atoms with Crippen LogP contribution in [0.5, 0.6) is 0 Å². The van der Waals surface area contributed by atoms with E-state index in [2.05, 4.69) is 15.1 Å². The summed E-state index contributed by atoms with van der Waals surface area (Å²) in [6, 6.07) is 1.87. The fraction of sp³-hybridized carbons (Fsp3) is 0.520. The number of nitrogens with zero attached hydrogens (tertiary/aromatic N) is 8. The zero-order valence-corrected chi connectivity index (χ0v) is 21.8. The predicted octanol–water partition coefficient (Wildman–Crippen LogP) is 2.68. The minimum Gasteiger partial charge on any atom is -0.377 e. The second kappa shape index (κ2) is 10.1. The van der Waals surface area contributed by atoms with Gasteiger partial charge in [0, 0.05) is 26.2 Å². The number of piperidine rings is 1. The molecule has 0 saturated carbocycles. The Hall–Kier alpha value is -3.81. The molecule has 0 bridgehead atoms. The van der Waals surface area contributed by atoms with Gasteiger partial charge in [-0.05, 0) is 38.8 Å². The highest BCUT2D eigenvalue weighted by Crippen LogP contribution is 2.35. The number of rotatable bonds is 7. The van der Waals surface area contributed by atoms with Crippen LogP contribution in [-0.4, -0.2) is 86.9 Å². The third kappa shape index (κ3) is 4.77. The van der Waals surface area contributed by atoms with Gasteiger partial charge < -0.3 is 19.4 Å². The van der Waals surface area contributed by atoms with Crippen molar-refractivity contribution in [3.8, 4) is 0 Å². The number of ether oxygens (including phenoxy) is 1. The maximum absolute atomic E-state index is 14.0. The normalized spacial score (nSPS) is 17.8. The second-order valence-electron chi connectivity index (χ2n) is 10.1. The molecule has 11 nitrogen and oxygen atoms in total. The maximum atomic E-state index is 14.0. The Morgan fingerprint density at radius 1 is 1.15 bits per heavy atom. The lowest BCUT2D eigenvalue weighted by Crippen LogP contribution is -2.65. The molecule has 0 aromatic carbocycles. The molecule has 2 amide bonds. The molecule has 0 aliphatic carbocycles. The van der Waals surface area contributed by atoms with Crippen molar-refractivity contribution in [1.82, 2.24) is 29.6 Å². The lowest BCUT2D eigenvalue weighted by atomic mass is 9.83. The van der Waals surface area contributed by atoms with Gasteiger partial charge in [0.15, 0.2) is 5.65 Å². The number of amides is 2. The minimum atomic E-state index is -4.59. The van der Waals surface area contributed by atoms with Crippen LogP contribution in [0.1, 0.15) is 38.4 Å². The van der Waals surface area contributed by atoms with Crippen LogP contribution in [0.2, 0.25) is 0 Å². The molecule has 39 heavy (non-hydrogen) atoms. The Labute approximate surface area is 222 Å². The first-order chi connectivity index (χ1) is 18.5. The summed E-state index contributed by atoms with van der Waals surface area (Å²) < 4.78 is 46.1. The summed E-state index contributed by atoms with van der Waals surface area (Å²) in [4.78, 5) is 43.8. The van der Waals surface area contributed by atoms with Crippen LogP contribution in [0.15, 0.2) is 30.7 Å². The number of hydrogen-bond acceptors (Lipinski definition) is 8. The van der Waals surface area contributed by atoms with E-state index < -0.39 is 23.3 Å². The first-order valence-electron chi connectivity index (χ1n) is 12.6. The van der Waals surface area contributed by atoms with Crippen LogP contribution in [0.4, 0.5) is 24.7 Å². The van der Waals surface area contributed by atoms with E-state index in [-0.39, 0.29) is 30.6 Å². The fourth-order valence-electron chi connectivity index (χ4n) is 5.18. The molecule has 0 spiro atoms. The van der Waals surface area contributed by atoms with Crippen molar-refractivity contribution in [3.63, 3.8) is 0 Å². The minimum absolute atomic E-state index is 0.112. The summed E-state index contributed by atoms with van der Waals surface area (Å²) in [6.45, 7) is 5.58. The standard InChI is InChI=1S/C25H29F3N8O3/c1-16(2)35(15-37)24(23(38)33(3)17-4-5-20(30-10-17)25(26,27)28)6-8-34(9-7-24)21-12-29-19-11-31-36(22(19)32-21)18-13-39-14-18/h4-5,10-12,15-16,18H,6-9,13-14H2,1-3H3. The monoisotopic (exact) mass is 546 g/mol. The van der Waals surface area contributed by atoms with E-state index >= 15 is 0 Å². The van der Waals surface area contributed by atoms with Crippen molar-refractivity contribution in [2.24, 2.45) is 0 Å². The summed E-state index contributed by atoms with van der Waals surface area (Å²) in [5.41, 5.74) is -0.720. The Morgan fingerprint density at radius 2 is 1.87 bits per heavy atom. The van der Waals surface area contributed by atoms with Gasteiger partial charge in [-0.25, -0.2) is 19.6 Å². The van der Waals surface area contributed by atoms with Crippen molar-refractivity contribution in [3.05, 3.63) is 36.4 Å². The number of hydrogen-bond donors (Lipinski definition) is 0. The lowest BCUT2D eigenvalue weighted by Gasteiger charge is -2.49. The van der Waals surface area contributed by atoms with Crippen LogP contribution in [0.3, 0.4) is 0 Å². The highest BCUT2D eigenvalue weighted by Gasteiger charge is 2.49. The number of pyridine rings is 1. The summed E-state index contributed by atoms with van der Waals surface area (Å²) in [5, 5.41) is 4.40. The Morgan fingerprint density at radius 3 is 2.41 bits per heavy atom. The van der Waals surface area contributed by atoms with Crippen LogP contribution in [0.25, 0.3) is 11.2 Å². The second-order valence-corrected chi connectivity index (χ2v) is 10.1. The van der Waals surface area contributed by atoms with Gasteiger partial charge in [-0.15, -0.1) is 0 Å². The number of carbonyl (C=O) groups is 2. The number of aromatic nitrogens is 5. The molecular weight excluding hydrogens is 517 g/mol. The molecule has 14 heteroatoms. The fourth-order valence-corrected chi connectivity index (χ4v) is 5.18. The molecule has 2 aliphatic rings. The largest absolute Gasteiger partial charge is 0.433 e. The molecule has 5 heterocycles. The van der Waals surface area contributed by atoms with Gasteiger partial charge in [-0.2, -0.15) is 18.3 Å². The van der Waals surface area contributed by atoms with Gasteiger partial charge in [-0.3, -0.25) is 9.59 Å². The van der Waals surface area contributed by atoms with E-state index in [1.54, 1.807) is 12.4 Å². The molecule has 3 aromatic rings. The van der Waals surface area contributed by atoms with Gasteiger partial charge in [0.2, 0.25) is 6.41 Å². The number of carbonyl (C=O) groups excluding carboxylic acids is 2. The number of fused-ring (bicyclic) bond motifs is 1. The van der Waals surface area contributed by atoms with Crippen LogP contribution < -0.4 is 9.80 Å². The number of likely N-dealkylation sites (N-methyl/N-ethyl adjacent to an activating group) is 1. The highest BCUT2D eigenvalue weighted by molar-refractivity contribution is 6.01. The summed E-state index contributed by atoms with van der Waals surface area (Å²) >= 11 is 0. The highest BCUT2D eigenvalue weighted by atomic mass is 19.4. The zero-order chi connectivity index (χ0) is 27.9. The van der Waals surface area contributed by atoms with Gasteiger partial charge in [0.05, 0.1) is 37.5 Å². The first-order valence-corrected chi connectivity index (χ1v) is 12.6. The molecule has 208 valence electrons. The maximum Gasteiger partial charge on any atom is 0.433 e. The number of halogens is 3. The third-order valence-corrected chi connectivity index (χ3v) is 7.46. The average molecular weight is 547 g/mol. The number of anilines is 2. The van der Waals surface area contributed by atoms with Crippen molar-refractivity contribution >= 4 is 35.0 Å². The van der Waals surface area contributed by atoms with Crippen molar-refractivity contribution in [2.45, 2.75) is 50.5 Å². The van der Waals surface area contributed by atoms with E-state index in [1.165, 1.54) is 22.9 Å². The number of alkyl halides is 3. The summed E-state index contributed by atoms with van der Waals surface area (Å²) in [6.07, 6.45) is 1.01. The Kier molecular flexibility index (Phi) is 6.91. The molecule has 0 N–H and O–H groups in total. The molecule has 0 atom stereocenters. The summed E-state index contributed by atoms with van der Waals surface area (Å²) in [5.74, 6) is 0.238. The molecule has 2 aliphatic heterocycles. The smallest absolute Gasteiger partial charge is 0.377 e. The molecule has 3 aromatic heterocycles. The van der Waals surface area contributed by atoms with Crippen molar-refractivity contribution < 1.29 is 27.5 Å². The van der Waals surface area contributed by atoms with E-state index in [0.29, 0.717) is 49.7 Å². The lowest BCUT2D eigenvalue weighted by molar-refractivity contribution is -0.142. The quantitative estimate of drug-likeness (QED) is 0.416. The molecular formula is C25H29F3N8O3.